The average molecular weight is 435 g/mol. The van der Waals surface area contributed by atoms with Crippen LogP contribution in [-0.4, -0.2) is 21.6 Å². The van der Waals surface area contributed by atoms with E-state index < -0.39 is 10.0 Å². The molecule has 1 heterocycles. The maximum atomic E-state index is 11.6. The van der Waals surface area contributed by atoms with Crippen LogP contribution in [0.1, 0.15) is 31.0 Å². The first-order chi connectivity index (χ1) is 13.7. The van der Waals surface area contributed by atoms with E-state index in [9.17, 15) is 8.42 Å². The van der Waals surface area contributed by atoms with E-state index in [0.29, 0.717) is 16.5 Å². The Morgan fingerprint density at radius 1 is 1.24 bits per heavy atom. The molecular formula is C21H23ClN2O4S. The standard InChI is InChI=1S/C21H23ClN2O4S/c1-13-10-16(12-20(28-13)18-8-5-9-19(27-3)21(18)22)24-14(2)15-6-4-7-17(11-15)29(23,25)26/h4-14,24H,1-3H3,(H2,23,25,26). The Morgan fingerprint density at radius 2 is 1.97 bits per heavy atom. The van der Waals surface area contributed by atoms with Crippen molar-refractivity contribution in [1.82, 2.24) is 5.32 Å². The molecule has 0 aromatic heterocycles. The third-order valence-electron chi connectivity index (χ3n) is 4.53. The van der Waals surface area contributed by atoms with E-state index in [1.165, 1.54) is 6.07 Å². The molecular weight excluding hydrogens is 412 g/mol. The smallest absolute Gasteiger partial charge is 0.238 e. The van der Waals surface area contributed by atoms with Gasteiger partial charge < -0.3 is 14.8 Å². The Morgan fingerprint density at radius 3 is 2.66 bits per heavy atom. The molecule has 154 valence electrons. The molecule has 0 saturated heterocycles. The predicted molar refractivity (Wildman–Crippen MR) is 114 cm³/mol. The second-order valence-corrected chi connectivity index (χ2v) is 8.70. The molecule has 0 saturated carbocycles. The molecule has 3 rings (SSSR count). The number of halogens is 1. The number of benzene rings is 2. The van der Waals surface area contributed by atoms with Crippen LogP contribution in [0.2, 0.25) is 5.02 Å². The van der Waals surface area contributed by atoms with Crippen LogP contribution in [0.5, 0.6) is 5.75 Å². The van der Waals surface area contributed by atoms with Crippen molar-refractivity contribution in [2.45, 2.75) is 30.9 Å². The summed E-state index contributed by atoms with van der Waals surface area (Å²) in [5.74, 6) is 1.19. The van der Waals surface area contributed by atoms with Crippen molar-refractivity contribution in [3.8, 4) is 5.75 Å². The van der Waals surface area contributed by atoms with E-state index in [0.717, 1.165) is 16.8 Å². The summed E-state index contributed by atoms with van der Waals surface area (Å²) in [5.41, 5.74) is 2.37. The monoisotopic (exact) mass is 434 g/mol. The van der Waals surface area contributed by atoms with Crippen LogP contribution < -0.4 is 15.2 Å². The quantitative estimate of drug-likeness (QED) is 0.717. The number of hydrogen-bond donors (Lipinski definition) is 2. The summed E-state index contributed by atoms with van der Waals surface area (Å²) in [6.45, 7) is 3.87. The largest absolute Gasteiger partial charge is 0.495 e. The summed E-state index contributed by atoms with van der Waals surface area (Å²) in [7, 11) is -2.19. The number of nitrogens with two attached hydrogens (primary N) is 1. The highest BCUT2D eigenvalue weighted by molar-refractivity contribution is 7.89. The third-order valence-corrected chi connectivity index (χ3v) is 5.83. The van der Waals surface area contributed by atoms with Crippen molar-refractivity contribution in [2.75, 3.05) is 7.11 Å². The zero-order valence-electron chi connectivity index (χ0n) is 16.3. The fourth-order valence-electron chi connectivity index (χ4n) is 3.09. The minimum Gasteiger partial charge on any atom is -0.495 e. The number of rotatable bonds is 6. The lowest BCUT2D eigenvalue weighted by Crippen LogP contribution is -2.22. The van der Waals surface area contributed by atoms with Crippen LogP contribution in [0.3, 0.4) is 0 Å². The van der Waals surface area contributed by atoms with Gasteiger partial charge in [0.25, 0.3) is 0 Å². The summed E-state index contributed by atoms with van der Waals surface area (Å²) in [6.07, 6.45) is 3.63. The molecule has 0 fully saturated rings. The van der Waals surface area contributed by atoms with Gasteiger partial charge in [-0.1, -0.05) is 29.8 Å². The van der Waals surface area contributed by atoms with Crippen LogP contribution in [0.4, 0.5) is 0 Å². The average Bonchev–Trinajstić information content (AvgIpc) is 2.67. The van der Waals surface area contributed by atoms with Crippen molar-refractivity contribution in [3.05, 3.63) is 76.5 Å². The first-order valence-corrected chi connectivity index (χ1v) is 10.9. The Bertz CT molecular complexity index is 1080. The fraction of sp³-hybridized carbons (Fsp3) is 0.238. The SMILES string of the molecule is COc1cccc(C2=CC(NC(C)c3cccc(S(N)(=O)=O)c3)=CC(C)O2)c1Cl. The first-order valence-electron chi connectivity index (χ1n) is 9.01. The van der Waals surface area contributed by atoms with Gasteiger partial charge in [-0.25, -0.2) is 13.6 Å². The van der Waals surface area contributed by atoms with E-state index in [4.69, 9.17) is 26.2 Å². The third kappa shape index (κ3) is 4.93. The topological polar surface area (TPSA) is 90.6 Å². The van der Waals surface area contributed by atoms with Crippen molar-refractivity contribution >= 4 is 27.4 Å². The zero-order valence-corrected chi connectivity index (χ0v) is 17.9. The molecule has 8 heteroatoms. The van der Waals surface area contributed by atoms with E-state index in [1.807, 2.05) is 44.2 Å². The Balaban J connectivity index is 1.88. The summed E-state index contributed by atoms with van der Waals surface area (Å²) >= 11 is 6.45. The molecule has 2 atom stereocenters. The number of nitrogens with one attached hydrogen (secondary N) is 1. The lowest BCUT2D eigenvalue weighted by atomic mass is 10.1. The molecule has 29 heavy (non-hydrogen) atoms. The van der Waals surface area contributed by atoms with Crippen LogP contribution >= 0.6 is 11.6 Å². The maximum absolute atomic E-state index is 11.6. The molecule has 0 amide bonds. The first kappa shape index (κ1) is 21.2. The van der Waals surface area contributed by atoms with Gasteiger partial charge >= 0.3 is 0 Å². The molecule has 0 radical (unpaired) electrons. The molecule has 0 bridgehead atoms. The van der Waals surface area contributed by atoms with Gasteiger partial charge in [0.1, 0.15) is 17.6 Å². The Labute approximate surface area is 176 Å². The van der Waals surface area contributed by atoms with Gasteiger partial charge in [0.05, 0.1) is 17.0 Å². The van der Waals surface area contributed by atoms with Gasteiger partial charge in [-0.3, -0.25) is 0 Å². The molecule has 2 unspecified atom stereocenters. The number of allylic oxidation sites excluding steroid dienone is 1. The van der Waals surface area contributed by atoms with Gasteiger partial charge in [0.2, 0.25) is 10.0 Å². The van der Waals surface area contributed by atoms with E-state index in [-0.39, 0.29) is 17.0 Å². The number of hydrogen-bond acceptors (Lipinski definition) is 5. The minimum absolute atomic E-state index is 0.0809. The van der Waals surface area contributed by atoms with E-state index >= 15 is 0 Å². The van der Waals surface area contributed by atoms with Crippen molar-refractivity contribution in [1.29, 1.82) is 0 Å². The van der Waals surface area contributed by atoms with Gasteiger partial charge in [-0.15, -0.1) is 0 Å². The van der Waals surface area contributed by atoms with Gasteiger partial charge in [-0.05, 0) is 49.8 Å². The summed E-state index contributed by atoms with van der Waals surface area (Å²) < 4.78 is 34.5. The second kappa shape index (κ2) is 8.49. The highest BCUT2D eigenvalue weighted by atomic mass is 35.5. The molecule has 3 N–H and O–H groups in total. The van der Waals surface area contributed by atoms with Crippen LogP contribution in [0.25, 0.3) is 5.76 Å². The van der Waals surface area contributed by atoms with E-state index in [2.05, 4.69) is 5.32 Å². The molecule has 0 spiro atoms. The predicted octanol–water partition coefficient (Wildman–Crippen LogP) is 3.99. The van der Waals surface area contributed by atoms with Crippen LogP contribution in [0.15, 0.2) is 65.2 Å². The molecule has 2 aromatic rings. The molecule has 6 nitrogen and oxygen atoms in total. The van der Waals surface area contributed by atoms with Crippen molar-refractivity contribution in [2.24, 2.45) is 5.14 Å². The van der Waals surface area contributed by atoms with Crippen LogP contribution in [-0.2, 0) is 14.8 Å². The molecule has 1 aliphatic rings. The Kier molecular flexibility index (Phi) is 6.21. The number of sulfonamides is 1. The number of methoxy groups -OCH3 is 1. The molecule has 1 aliphatic heterocycles. The second-order valence-electron chi connectivity index (χ2n) is 6.76. The van der Waals surface area contributed by atoms with Crippen molar-refractivity contribution < 1.29 is 17.9 Å². The minimum atomic E-state index is -3.76. The summed E-state index contributed by atoms with van der Waals surface area (Å²) in [4.78, 5) is 0.0809. The maximum Gasteiger partial charge on any atom is 0.238 e. The number of ether oxygens (including phenoxy) is 2. The zero-order chi connectivity index (χ0) is 21.2. The van der Waals surface area contributed by atoms with Gasteiger partial charge in [0.15, 0.2) is 0 Å². The van der Waals surface area contributed by atoms with Gasteiger partial charge in [-0.2, -0.15) is 0 Å². The summed E-state index contributed by atoms with van der Waals surface area (Å²) in [5, 5.41) is 9.10. The lowest BCUT2D eigenvalue weighted by Gasteiger charge is -2.25. The molecule has 0 aliphatic carbocycles. The van der Waals surface area contributed by atoms with Crippen molar-refractivity contribution in [3.63, 3.8) is 0 Å². The van der Waals surface area contributed by atoms with Crippen LogP contribution in [0, 0.1) is 0 Å². The normalized spacial score (nSPS) is 17.6. The Hall–Kier alpha value is -2.48. The lowest BCUT2D eigenvalue weighted by molar-refractivity contribution is 0.224. The fourth-order valence-corrected chi connectivity index (χ4v) is 3.96. The summed E-state index contributed by atoms with van der Waals surface area (Å²) in [6, 6.07) is 11.9. The van der Waals surface area contributed by atoms with Gasteiger partial charge in [0, 0.05) is 23.4 Å². The highest BCUT2D eigenvalue weighted by Gasteiger charge is 2.20. The number of primary sulfonamides is 1. The molecule has 2 aromatic carbocycles. The van der Waals surface area contributed by atoms with E-state index in [1.54, 1.807) is 25.3 Å². The highest BCUT2D eigenvalue weighted by Crippen LogP contribution is 2.35.